The van der Waals surface area contributed by atoms with Crippen molar-refractivity contribution in [2.24, 2.45) is 0 Å². The summed E-state index contributed by atoms with van der Waals surface area (Å²) in [6, 6.07) is 0. The zero-order valence-electron chi connectivity index (χ0n) is 8.78. The SMILES string of the molecule is C=C(C)C1=CC=C(C)CC1.CC. The Morgan fingerprint density at radius 1 is 1.25 bits per heavy atom. The van der Waals surface area contributed by atoms with Crippen molar-refractivity contribution in [3.63, 3.8) is 0 Å². The Bertz CT molecular complexity index is 204. The van der Waals surface area contributed by atoms with Crippen molar-refractivity contribution in [2.75, 3.05) is 0 Å². The van der Waals surface area contributed by atoms with Crippen LogP contribution < -0.4 is 0 Å². The third-order valence-electron chi connectivity index (χ3n) is 1.91. The monoisotopic (exact) mass is 164 g/mol. The second kappa shape index (κ2) is 5.82. The van der Waals surface area contributed by atoms with E-state index >= 15 is 0 Å². The fourth-order valence-corrected chi connectivity index (χ4v) is 1.10. The minimum Gasteiger partial charge on any atom is -0.0958 e. The number of rotatable bonds is 1. The minimum atomic E-state index is 1.18. The van der Waals surface area contributed by atoms with Crippen LogP contribution in [0.15, 0.2) is 35.5 Å². The van der Waals surface area contributed by atoms with E-state index in [9.17, 15) is 0 Å². The van der Waals surface area contributed by atoms with Crippen LogP contribution in [0, 0.1) is 0 Å². The first kappa shape index (κ1) is 11.2. The first-order valence-corrected chi connectivity index (χ1v) is 4.72. The molecule has 12 heavy (non-hydrogen) atoms. The normalized spacial score (nSPS) is 15.3. The van der Waals surface area contributed by atoms with E-state index in [1.165, 1.54) is 29.6 Å². The zero-order valence-corrected chi connectivity index (χ0v) is 8.78. The van der Waals surface area contributed by atoms with Crippen molar-refractivity contribution in [1.29, 1.82) is 0 Å². The number of allylic oxidation sites excluding steroid dienone is 5. The summed E-state index contributed by atoms with van der Waals surface area (Å²) in [4.78, 5) is 0. The average molecular weight is 164 g/mol. The van der Waals surface area contributed by atoms with E-state index in [1.807, 2.05) is 13.8 Å². The summed E-state index contributed by atoms with van der Waals surface area (Å²) >= 11 is 0. The Balaban J connectivity index is 0.000000561. The molecule has 0 heterocycles. The summed E-state index contributed by atoms with van der Waals surface area (Å²) < 4.78 is 0. The Kier molecular flexibility index (Phi) is 5.44. The van der Waals surface area contributed by atoms with Gasteiger partial charge in [-0.05, 0) is 32.3 Å². The molecule has 0 radical (unpaired) electrons. The fraction of sp³-hybridized carbons (Fsp3) is 0.500. The molecule has 0 aliphatic heterocycles. The molecule has 0 atom stereocenters. The van der Waals surface area contributed by atoms with Crippen LogP contribution in [0.1, 0.15) is 40.5 Å². The molecule has 0 nitrogen and oxygen atoms in total. The van der Waals surface area contributed by atoms with E-state index in [0.717, 1.165) is 0 Å². The molecule has 0 spiro atoms. The van der Waals surface area contributed by atoms with Gasteiger partial charge in [0.05, 0.1) is 0 Å². The highest BCUT2D eigenvalue weighted by Gasteiger charge is 2.02. The Morgan fingerprint density at radius 3 is 2.17 bits per heavy atom. The molecule has 1 aliphatic carbocycles. The van der Waals surface area contributed by atoms with Gasteiger partial charge in [-0.1, -0.05) is 43.7 Å². The van der Waals surface area contributed by atoms with Crippen LogP contribution in [-0.2, 0) is 0 Å². The van der Waals surface area contributed by atoms with E-state index in [2.05, 4.69) is 32.6 Å². The van der Waals surface area contributed by atoms with Gasteiger partial charge in [-0.3, -0.25) is 0 Å². The van der Waals surface area contributed by atoms with Gasteiger partial charge in [-0.25, -0.2) is 0 Å². The van der Waals surface area contributed by atoms with E-state index in [0.29, 0.717) is 0 Å². The van der Waals surface area contributed by atoms with Gasteiger partial charge >= 0.3 is 0 Å². The third-order valence-corrected chi connectivity index (χ3v) is 1.91. The van der Waals surface area contributed by atoms with Crippen LogP contribution in [-0.4, -0.2) is 0 Å². The standard InChI is InChI=1S/C10H14.C2H6/c1-8(2)10-6-4-9(3)5-7-10;1-2/h4,6H,1,5,7H2,2-3H3;1-2H3. The van der Waals surface area contributed by atoms with Crippen LogP contribution in [0.5, 0.6) is 0 Å². The molecule has 0 unspecified atom stereocenters. The topological polar surface area (TPSA) is 0 Å². The molecule has 0 amide bonds. The smallest absolute Gasteiger partial charge is 0.0239 e. The second-order valence-corrected chi connectivity index (χ2v) is 2.99. The van der Waals surface area contributed by atoms with Crippen LogP contribution in [0.25, 0.3) is 0 Å². The molecular formula is C12H20. The van der Waals surface area contributed by atoms with Crippen molar-refractivity contribution in [1.82, 2.24) is 0 Å². The third kappa shape index (κ3) is 3.56. The quantitative estimate of drug-likeness (QED) is 0.543. The summed E-state index contributed by atoms with van der Waals surface area (Å²) in [5, 5.41) is 0. The van der Waals surface area contributed by atoms with E-state index < -0.39 is 0 Å². The summed E-state index contributed by atoms with van der Waals surface area (Å²) in [7, 11) is 0. The molecule has 68 valence electrons. The lowest BCUT2D eigenvalue weighted by Crippen LogP contribution is -1.90. The average Bonchev–Trinajstić information content (AvgIpc) is 2.09. The van der Waals surface area contributed by atoms with Crippen LogP contribution in [0.3, 0.4) is 0 Å². The first-order valence-electron chi connectivity index (χ1n) is 4.72. The highest BCUT2D eigenvalue weighted by atomic mass is 14.1. The molecule has 0 bridgehead atoms. The van der Waals surface area contributed by atoms with Gasteiger partial charge in [0.25, 0.3) is 0 Å². The van der Waals surface area contributed by atoms with E-state index in [4.69, 9.17) is 0 Å². The van der Waals surface area contributed by atoms with Gasteiger partial charge in [-0.15, -0.1) is 0 Å². The molecular weight excluding hydrogens is 144 g/mol. The molecule has 0 aromatic carbocycles. The summed E-state index contributed by atoms with van der Waals surface area (Å²) in [5.74, 6) is 0. The Morgan fingerprint density at radius 2 is 1.83 bits per heavy atom. The van der Waals surface area contributed by atoms with Crippen LogP contribution in [0.4, 0.5) is 0 Å². The predicted octanol–water partition coefficient (Wildman–Crippen LogP) is 4.26. The van der Waals surface area contributed by atoms with Crippen molar-refractivity contribution in [3.8, 4) is 0 Å². The minimum absolute atomic E-state index is 1.18. The van der Waals surface area contributed by atoms with E-state index in [-0.39, 0.29) is 0 Å². The summed E-state index contributed by atoms with van der Waals surface area (Å²) in [6.07, 6.45) is 6.76. The number of hydrogen-bond acceptors (Lipinski definition) is 0. The van der Waals surface area contributed by atoms with Gasteiger partial charge in [0.1, 0.15) is 0 Å². The molecule has 0 fully saturated rings. The maximum absolute atomic E-state index is 3.91. The van der Waals surface area contributed by atoms with Crippen molar-refractivity contribution in [3.05, 3.63) is 35.5 Å². The van der Waals surface area contributed by atoms with Gasteiger partial charge < -0.3 is 0 Å². The maximum Gasteiger partial charge on any atom is -0.0239 e. The highest BCUT2D eigenvalue weighted by Crippen LogP contribution is 2.21. The van der Waals surface area contributed by atoms with Crippen molar-refractivity contribution >= 4 is 0 Å². The zero-order chi connectivity index (χ0) is 9.56. The lowest BCUT2D eigenvalue weighted by Gasteiger charge is -2.10. The molecule has 0 N–H and O–H groups in total. The highest BCUT2D eigenvalue weighted by molar-refractivity contribution is 5.34. The molecule has 0 aromatic heterocycles. The molecule has 1 rings (SSSR count). The lowest BCUT2D eigenvalue weighted by atomic mass is 9.96. The Hall–Kier alpha value is -0.780. The summed E-state index contributed by atoms with van der Waals surface area (Å²) in [5.41, 5.74) is 4.10. The van der Waals surface area contributed by atoms with Crippen molar-refractivity contribution < 1.29 is 0 Å². The van der Waals surface area contributed by atoms with Gasteiger partial charge in [-0.2, -0.15) is 0 Å². The lowest BCUT2D eigenvalue weighted by molar-refractivity contribution is 0.913. The van der Waals surface area contributed by atoms with Crippen molar-refractivity contribution in [2.45, 2.75) is 40.5 Å². The van der Waals surface area contributed by atoms with Gasteiger partial charge in [0.2, 0.25) is 0 Å². The first-order chi connectivity index (χ1) is 5.70. The van der Waals surface area contributed by atoms with E-state index in [1.54, 1.807) is 0 Å². The van der Waals surface area contributed by atoms with Crippen LogP contribution >= 0.6 is 0 Å². The van der Waals surface area contributed by atoms with Gasteiger partial charge in [0.15, 0.2) is 0 Å². The fourth-order valence-electron chi connectivity index (χ4n) is 1.10. The van der Waals surface area contributed by atoms with Crippen LogP contribution in [0.2, 0.25) is 0 Å². The predicted molar refractivity (Wildman–Crippen MR) is 57.2 cm³/mol. The Labute approximate surface area is 76.7 Å². The summed E-state index contributed by atoms with van der Waals surface area (Å²) in [6.45, 7) is 12.1. The largest absolute Gasteiger partial charge is 0.0958 e. The second-order valence-electron chi connectivity index (χ2n) is 2.99. The molecule has 0 aromatic rings. The number of hydrogen-bond donors (Lipinski definition) is 0. The maximum atomic E-state index is 3.91. The molecule has 1 aliphatic rings. The molecule has 0 saturated heterocycles. The molecule has 0 heteroatoms. The van der Waals surface area contributed by atoms with Gasteiger partial charge in [0, 0.05) is 0 Å². The molecule has 0 saturated carbocycles.